The Labute approximate surface area is 179 Å². The van der Waals surface area contributed by atoms with E-state index in [9.17, 15) is 0 Å². The van der Waals surface area contributed by atoms with Crippen LogP contribution >= 0.6 is 24.0 Å². The summed E-state index contributed by atoms with van der Waals surface area (Å²) in [5, 5.41) is 6.52. The molecule has 0 saturated heterocycles. The van der Waals surface area contributed by atoms with Crippen molar-refractivity contribution in [2.24, 2.45) is 4.99 Å². The van der Waals surface area contributed by atoms with Gasteiger partial charge in [0.1, 0.15) is 5.76 Å². The average molecular weight is 486 g/mol. The molecular weight excluding hydrogens is 455 g/mol. The third-order valence-electron chi connectivity index (χ3n) is 3.88. The highest BCUT2D eigenvalue weighted by molar-refractivity contribution is 14.0. The van der Waals surface area contributed by atoms with Gasteiger partial charge in [-0.15, -0.1) is 24.0 Å². The first kappa shape index (κ1) is 23.4. The molecule has 6 nitrogen and oxygen atoms in total. The minimum Gasteiger partial charge on any atom is -0.443 e. The molecule has 150 valence electrons. The van der Waals surface area contributed by atoms with Gasteiger partial charge < -0.3 is 19.8 Å². The van der Waals surface area contributed by atoms with Crippen molar-refractivity contribution in [2.75, 3.05) is 13.7 Å². The van der Waals surface area contributed by atoms with Crippen LogP contribution in [0.5, 0.6) is 0 Å². The first-order valence-corrected chi connectivity index (χ1v) is 8.97. The fraction of sp³-hybridized carbons (Fsp3) is 0.500. The molecule has 1 aromatic carbocycles. The largest absolute Gasteiger partial charge is 0.443 e. The number of guanidine groups is 1. The number of benzene rings is 1. The monoisotopic (exact) mass is 486 g/mol. The van der Waals surface area contributed by atoms with Gasteiger partial charge in [0.05, 0.1) is 19.3 Å². The summed E-state index contributed by atoms with van der Waals surface area (Å²) in [6, 6.07) is 8.37. The Hall–Kier alpha value is -1.61. The van der Waals surface area contributed by atoms with Gasteiger partial charge in [0.2, 0.25) is 5.89 Å². The lowest BCUT2D eigenvalue weighted by atomic mass is 9.94. The Balaban J connectivity index is 0.00000364. The standard InChI is InChI=1S/C20H30N4O2.HI/c1-6-25-14-16-9-7-15(8-10-16)11-23-19(21-5)24-13-18-22-12-17(26-18)20(2,3)4;/h7-10,12H,6,11,13-14H2,1-5H3,(H2,21,23,24);1H. The molecule has 2 N–H and O–H groups in total. The third kappa shape index (κ3) is 7.88. The number of nitrogens with one attached hydrogen (secondary N) is 2. The number of ether oxygens (including phenoxy) is 1. The highest BCUT2D eigenvalue weighted by Gasteiger charge is 2.19. The van der Waals surface area contributed by atoms with E-state index in [0.717, 1.165) is 12.4 Å². The summed E-state index contributed by atoms with van der Waals surface area (Å²) in [6.45, 7) is 10.9. The SMILES string of the molecule is CCOCc1ccc(CNC(=NC)NCc2ncc(C(C)(C)C)o2)cc1.I. The molecule has 27 heavy (non-hydrogen) atoms. The van der Waals surface area contributed by atoms with Crippen molar-refractivity contribution in [3.63, 3.8) is 0 Å². The lowest BCUT2D eigenvalue weighted by molar-refractivity contribution is 0.134. The number of halogens is 1. The Bertz CT molecular complexity index is 706. The maximum atomic E-state index is 5.78. The molecule has 1 aromatic heterocycles. The van der Waals surface area contributed by atoms with Gasteiger partial charge in [-0.1, -0.05) is 45.0 Å². The normalized spacial score (nSPS) is 11.8. The van der Waals surface area contributed by atoms with Crippen LogP contribution in [0.15, 0.2) is 39.9 Å². The molecule has 0 aliphatic rings. The van der Waals surface area contributed by atoms with Gasteiger partial charge in [-0.25, -0.2) is 4.98 Å². The van der Waals surface area contributed by atoms with Crippen LogP contribution in [0.2, 0.25) is 0 Å². The van der Waals surface area contributed by atoms with Crippen molar-refractivity contribution >= 4 is 29.9 Å². The van der Waals surface area contributed by atoms with Crippen molar-refractivity contribution in [1.29, 1.82) is 0 Å². The van der Waals surface area contributed by atoms with Gasteiger partial charge in [0, 0.05) is 25.6 Å². The number of aromatic nitrogens is 1. The van der Waals surface area contributed by atoms with Crippen LogP contribution in [0, 0.1) is 0 Å². The number of hydrogen-bond acceptors (Lipinski definition) is 4. The second kappa shape index (κ2) is 11.3. The van der Waals surface area contributed by atoms with Gasteiger partial charge in [-0.2, -0.15) is 0 Å². The fourth-order valence-electron chi connectivity index (χ4n) is 2.28. The third-order valence-corrected chi connectivity index (χ3v) is 3.88. The zero-order valence-corrected chi connectivity index (χ0v) is 19.2. The number of oxazole rings is 1. The van der Waals surface area contributed by atoms with E-state index < -0.39 is 0 Å². The molecule has 7 heteroatoms. The highest BCUT2D eigenvalue weighted by atomic mass is 127. The second-order valence-electron chi connectivity index (χ2n) is 7.10. The van der Waals surface area contributed by atoms with Crippen LogP contribution in [0.4, 0.5) is 0 Å². The molecule has 0 amide bonds. The van der Waals surface area contributed by atoms with Crippen molar-refractivity contribution in [3.8, 4) is 0 Å². The molecule has 2 aromatic rings. The van der Waals surface area contributed by atoms with Crippen LogP contribution < -0.4 is 10.6 Å². The van der Waals surface area contributed by atoms with Gasteiger partial charge >= 0.3 is 0 Å². The van der Waals surface area contributed by atoms with Crippen molar-refractivity contribution in [2.45, 2.75) is 52.8 Å². The van der Waals surface area contributed by atoms with E-state index >= 15 is 0 Å². The van der Waals surface area contributed by atoms with Gasteiger partial charge in [0.15, 0.2) is 5.96 Å². The zero-order chi connectivity index (χ0) is 19.0. The molecule has 0 unspecified atom stereocenters. The number of nitrogens with zero attached hydrogens (tertiary/aromatic N) is 2. The predicted octanol–water partition coefficient (Wildman–Crippen LogP) is 3.99. The van der Waals surface area contributed by atoms with Crippen molar-refractivity contribution < 1.29 is 9.15 Å². The summed E-state index contributed by atoms with van der Waals surface area (Å²) in [5.74, 6) is 2.24. The van der Waals surface area contributed by atoms with Gasteiger partial charge in [-0.3, -0.25) is 4.99 Å². The smallest absolute Gasteiger partial charge is 0.213 e. The first-order chi connectivity index (χ1) is 12.4. The molecular formula is C20H31IN4O2. The van der Waals surface area contributed by atoms with Crippen LogP contribution in [-0.4, -0.2) is 24.6 Å². The van der Waals surface area contributed by atoms with E-state index in [1.54, 1.807) is 13.2 Å². The lowest BCUT2D eigenvalue weighted by Crippen LogP contribution is -2.36. The van der Waals surface area contributed by atoms with Gasteiger partial charge in [-0.05, 0) is 18.1 Å². The van der Waals surface area contributed by atoms with E-state index in [0.29, 0.717) is 31.5 Å². The summed E-state index contributed by atoms with van der Waals surface area (Å²) in [7, 11) is 1.75. The minimum atomic E-state index is -0.0422. The maximum Gasteiger partial charge on any atom is 0.213 e. The topological polar surface area (TPSA) is 71.7 Å². The Morgan fingerprint density at radius 2 is 1.74 bits per heavy atom. The number of aliphatic imine (C=N–C) groups is 1. The summed E-state index contributed by atoms with van der Waals surface area (Å²) in [5.41, 5.74) is 2.32. The molecule has 0 aliphatic carbocycles. The summed E-state index contributed by atoms with van der Waals surface area (Å²) < 4.78 is 11.2. The maximum absolute atomic E-state index is 5.78. The summed E-state index contributed by atoms with van der Waals surface area (Å²) in [6.07, 6.45) is 1.79. The fourth-order valence-corrected chi connectivity index (χ4v) is 2.28. The number of rotatable bonds is 7. The average Bonchev–Trinajstić information content (AvgIpc) is 3.10. The molecule has 0 saturated carbocycles. The molecule has 0 spiro atoms. The van der Waals surface area contributed by atoms with Crippen molar-refractivity contribution in [3.05, 3.63) is 53.2 Å². The Morgan fingerprint density at radius 1 is 1.11 bits per heavy atom. The van der Waals surface area contributed by atoms with E-state index in [-0.39, 0.29) is 29.4 Å². The molecule has 2 rings (SSSR count). The minimum absolute atomic E-state index is 0. The Morgan fingerprint density at radius 3 is 2.30 bits per heavy atom. The summed E-state index contributed by atoms with van der Waals surface area (Å²) in [4.78, 5) is 8.55. The van der Waals surface area contributed by atoms with Crippen LogP contribution in [0.3, 0.4) is 0 Å². The van der Waals surface area contributed by atoms with Crippen LogP contribution in [0.1, 0.15) is 50.5 Å². The zero-order valence-electron chi connectivity index (χ0n) is 16.8. The molecule has 0 atom stereocenters. The second-order valence-corrected chi connectivity index (χ2v) is 7.10. The van der Waals surface area contributed by atoms with E-state index in [2.05, 4.69) is 65.6 Å². The summed E-state index contributed by atoms with van der Waals surface area (Å²) >= 11 is 0. The van der Waals surface area contributed by atoms with Crippen molar-refractivity contribution in [1.82, 2.24) is 15.6 Å². The Kier molecular flexibility index (Phi) is 9.79. The first-order valence-electron chi connectivity index (χ1n) is 8.97. The molecule has 0 aliphatic heterocycles. The number of hydrogen-bond donors (Lipinski definition) is 2. The molecule has 1 heterocycles. The predicted molar refractivity (Wildman–Crippen MR) is 119 cm³/mol. The lowest BCUT2D eigenvalue weighted by Gasteiger charge is -2.13. The quantitative estimate of drug-likeness (QED) is 0.352. The van der Waals surface area contributed by atoms with Gasteiger partial charge in [0.25, 0.3) is 0 Å². The van der Waals surface area contributed by atoms with E-state index in [1.807, 2.05) is 6.92 Å². The molecule has 0 bridgehead atoms. The van der Waals surface area contributed by atoms with E-state index in [4.69, 9.17) is 9.15 Å². The highest BCUT2D eigenvalue weighted by Crippen LogP contribution is 2.22. The van der Waals surface area contributed by atoms with Crippen LogP contribution in [-0.2, 0) is 29.8 Å². The van der Waals surface area contributed by atoms with Crippen LogP contribution in [0.25, 0.3) is 0 Å². The molecule has 0 radical (unpaired) electrons. The molecule has 0 fully saturated rings. The van der Waals surface area contributed by atoms with E-state index in [1.165, 1.54) is 11.1 Å².